The van der Waals surface area contributed by atoms with Gasteiger partial charge in [-0.1, -0.05) is 20.8 Å². The summed E-state index contributed by atoms with van der Waals surface area (Å²) < 4.78 is 5.45. The monoisotopic (exact) mass is 333 g/mol. The molecule has 1 aliphatic heterocycles. The molecule has 0 radical (unpaired) electrons. The van der Waals surface area contributed by atoms with E-state index in [2.05, 4.69) is 36.7 Å². The summed E-state index contributed by atoms with van der Waals surface area (Å²) in [6, 6.07) is 2.22. The fraction of sp³-hybridized carbons (Fsp3) is 0.684. The third-order valence-corrected chi connectivity index (χ3v) is 3.81. The number of anilines is 1. The molecule has 1 amide bonds. The molecule has 2 rings (SSSR count). The lowest BCUT2D eigenvalue weighted by Crippen LogP contribution is -2.50. The summed E-state index contributed by atoms with van der Waals surface area (Å²) in [6.45, 7) is 15.4. The molecule has 1 aromatic heterocycles. The van der Waals surface area contributed by atoms with E-state index in [1.807, 2.05) is 33.2 Å². The van der Waals surface area contributed by atoms with Gasteiger partial charge in [-0.05, 0) is 44.2 Å². The zero-order valence-corrected chi connectivity index (χ0v) is 15.9. The van der Waals surface area contributed by atoms with Crippen LogP contribution < -0.4 is 4.90 Å². The molecule has 1 aromatic rings. The second-order valence-electron chi connectivity index (χ2n) is 8.74. The molecule has 1 aliphatic rings. The number of hydrogen-bond acceptors (Lipinski definition) is 4. The lowest BCUT2D eigenvalue weighted by Gasteiger charge is -2.36. The maximum Gasteiger partial charge on any atom is 0.410 e. The van der Waals surface area contributed by atoms with E-state index in [9.17, 15) is 4.79 Å². The van der Waals surface area contributed by atoms with Crippen molar-refractivity contribution in [1.82, 2.24) is 9.88 Å². The topological polar surface area (TPSA) is 45.7 Å². The molecule has 134 valence electrons. The number of hydrogen-bond donors (Lipinski definition) is 0. The van der Waals surface area contributed by atoms with Crippen molar-refractivity contribution in [3.05, 3.63) is 24.0 Å². The van der Waals surface area contributed by atoms with Crippen LogP contribution in [0.4, 0.5) is 10.5 Å². The van der Waals surface area contributed by atoms with Crippen molar-refractivity contribution in [2.45, 2.75) is 53.6 Å². The molecule has 0 N–H and O–H groups in total. The molecule has 0 atom stereocenters. The Morgan fingerprint density at radius 3 is 2.25 bits per heavy atom. The number of carbonyl (C=O) groups excluding carboxylic acids is 1. The molecule has 1 saturated heterocycles. The first kappa shape index (κ1) is 18.6. The van der Waals surface area contributed by atoms with Crippen molar-refractivity contribution in [1.29, 1.82) is 0 Å². The molecular weight excluding hydrogens is 302 g/mol. The SMILES string of the molecule is CC(C)(C)Cc1cncc(N2CCN(C(=O)OC(C)(C)C)CC2)c1. The second-order valence-corrected chi connectivity index (χ2v) is 8.74. The number of amides is 1. The van der Waals surface area contributed by atoms with Crippen LogP contribution in [0.15, 0.2) is 18.5 Å². The molecule has 0 spiro atoms. The van der Waals surface area contributed by atoms with Gasteiger partial charge in [-0.15, -0.1) is 0 Å². The largest absolute Gasteiger partial charge is 0.444 e. The van der Waals surface area contributed by atoms with Gasteiger partial charge < -0.3 is 14.5 Å². The summed E-state index contributed by atoms with van der Waals surface area (Å²) in [5.41, 5.74) is 2.20. The Balaban J connectivity index is 1.95. The summed E-state index contributed by atoms with van der Waals surface area (Å²) in [4.78, 5) is 20.6. The number of pyridine rings is 1. The van der Waals surface area contributed by atoms with Crippen LogP contribution >= 0.6 is 0 Å². The molecular formula is C19H31N3O2. The third-order valence-electron chi connectivity index (χ3n) is 3.81. The van der Waals surface area contributed by atoms with Gasteiger partial charge in [0.15, 0.2) is 0 Å². The van der Waals surface area contributed by atoms with Gasteiger partial charge in [0.2, 0.25) is 0 Å². The quantitative estimate of drug-likeness (QED) is 0.827. The van der Waals surface area contributed by atoms with Crippen LogP contribution in [-0.4, -0.2) is 47.8 Å². The van der Waals surface area contributed by atoms with Gasteiger partial charge in [-0.2, -0.15) is 0 Å². The maximum atomic E-state index is 12.1. The highest BCUT2D eigenvalue weighted by molar-refractivity contribution is 5.68. The van der Waals surface area contributed by atoms with E-state index < -0.39 is 5.60 Å². The van der Waals surface area contributed by atoms with E-state index in [4.69, 9.17) is 4.74 Å². The van der Waals surface area contributed by atoms with Crippen molar-refractivity contribution in [3.8, 4) is 0 Å². The highest BCUT2D eigenvalue weighted by Gasteiger charge is 2.26. The Hall–Kier alpha value is -1.78. The minimum absolute atomic E-state index is 0.221. The third kappa shape index (κ3) is 5.69. The number of piperazine rings is 1. The van der Waals surface area contributed by atoms with Crippen LogP contribution in [-0.2, 0) is 11.2 Å². The van der Waals surface area contributed by atoms with Crippen molar-refractivity contribution >= 4 is 11.8 Å². The van der Waals surface area contributed by atoms with Crippen LogP contribution in [0, 0.1) is 5.41 Å². The number of ether oxygens (including phenoxy) is 1. The molecule has 0 aliphatic carbocycles. The van der Waals surface area contributed by atoms with E-state index in [-0.39, 0.29) is 11.5 Å². The average Bonchev–Trinajstić information content (AvgIpc) is 2.44. The maximum absolute atomic E-state index is 12.1. The first-order valence-electron chi connectivity index (χ1n) is 8.70. The first-order chi connectivity index (χ1) is 11.0. The predicted molar refractivity (Wildman–Crippen MR) is 97.4 cm³/mol. The Kier molecular flexibility index (Phi) is 5.41. The number of nitrogens with zero attached hydrogens (tertiary/aromatic N) is 3. The van der Waals surface area contributed by atoms with Crippen molar-refractivity contribution in [2.24, 2.45) is 5.41 Å². The van der Waals surface area contributed by atoms with E-state index in [0.29, 0.717) is 13.1 Å². The highest BCUT2D eigenvalue weighted by atomic mass is 16.6. The zero-order chi connectivity index (χ0) is 18.0. The summed E-state index contributed by atoms with van der Waals surface area (Å²) in [5, 5.41) is 0. The minimum atomic E-state index is -0.445. The van der Waals surface area contributed by atoms with Crippen LogP contribution in [0.2, 0.25) is 0 Å². The van der Waals surface area contributed by atoms with Crippen LogP contribution in [0.25, 0.3) is 0 Å². The number of aromatic nitrogens is 1. The lowest BCUT2D eigenvalue weighted by atomic mass is 9.89. The standard InChI is InChI=1S/C19H31N3O2/c1-18(2,3)12-15-11-16(14-20-13-15)21-7-9-22(10-8-21)17(23)24-19(4,5)6/h11,13-14H,7-10,12H2,1-6H3. The number of rotatable bonds is 2. The highest BCUT2D eigenvalue weighted by Crippen LogP contribution is 2.24. The first-order valence-corrected chi connectivity index (χ1v) is 8.70. The second kappa shape index (κ2) is 6.99. The van der Waals surface area contributed by atoms with Gasteiger partial charge in [0, 0.05) is 32.4 Å². The molecule has 1 fully saturated rings. The zero-order valence-electron chi connectivity index (χ0n) is 15.9. The Bertz CT molecular complexity index is 565. The lowest BCUT2D eigenvalue weighted by molar-refractivity contribution is 0.0240. The fourth-order valence-electron chi connectivity index (χ4n) is 2.83. The Morgan fingerprint density at radius 1 is 1.08 bits per heavy atom. The molecule has 2 heterocycles. The van der Waals surface area contributed by atoms with Crippen molar-refractivity contribution < 1.29 is 9.53 Å². The molecule has 0 aromatic carbocycles. The molecule has 0 bridgehead atoms. The molecule has 5 heteroatoms. The summed E-state index contributed by atoms with van der Waals surface area (Å²) in [5.74, 6) is 0. The van der Waals surface area contributed by atoms with Gasteiger partial charge in [-0.25, -0.2) is 4.79 Å². The van der Waals surface area contributed by atoms with Crippen LogP contribution in [0.3, 0.4) is 0 Å². The normalized spacial score (nSPS) is 16.2. The van der Waals surface area contributed by atoms with Crippen molar-refractivity contribution in [2.75, 3.05) is 31.1 Å². The van der Waals surface area contributed by atoms with Gasteiger partial charge in [0.25, 0.3) is 0 Å². The molecule has 5 nitrogen and oxygen atoms in total. The minimum Gasteiger partial charge on any atom is -0.444 e. The van der Waals surface area contributed by atoms with Gasteiger partial charge in [0.05, 0.1) is 11.9 Å². The van der Waals surface area contributed by atoms with E-state index in [0.717, 1.165) is 25.2 Å². The van der Waals surface area contributed by atoms with Gasteiger partial charge >= 0.3 is 6.09 Å². The van der Waals surface area contributed by atoms with Gasteiger partial charge in [0.1, 0.15) is 5.60 Å². The Labute approximate surface area is 146 Å². The van der Waals surface area contributed by atoms with Crippen LogP contribution in [0.5, 0.6) is 0 Å². The Morgan fingerprint density at radius 2 is 1.71 bits per heavy atom. The molecule has 0 saturated carbocycles. The smallest absolute Gasteiger partial charge is 0.410 e. The number of carbonyl (C=O) groups is 1. The van der Waals surface area contributed by atoms with Crippen LogP contribution in [0.1, 0.15) is 47.1 Å². The van der Waals surface area contributed by atoms with Crippen molar-refractivity contribution in [3.63, 3.8) is 0 Å². The fourth-order valence-corrected chi connectivity index (χ4v) is 2.83. The van der Waals surface area contributed by atoms with E-state index in [1.165, 1.54) is 5.56 Å². The predicted octanol–water partition coefficient (Wildman–Crippen LogP) is 3.73. The summed E-state index contributed by atoms with van der Waals surface area (Å²) in [7, 11) is 0. The molecule has 0 unspecified atom stereocenters. The average molecular weight is 333 g/mol. The van der Waals surface area contributed by atoms with E-state index in [1.54, 1.807) is 4.90 Å². The summed E-state index contributed by atoms with van der Waals surface area (Å²) >= 11 is 0. The van der Waals surface area contributed by atoms with Gasteiger partial charge in [-0.3, -0.25) is 4.98 Å². The molecule has 24 heavy (non-hydrogen) atoms. The summed E-state index contributed by atoms with van der Waals surface area (Å²) in [6.07, 6.45) is 4.65. The van der Waals surface area contributed by atoms with E-state index >= 15 is 0 Å².